The topological polar surface area (TPSA) is 39.2 Å². The van der Waals surface area contributed by atoms with Gasteiger partial charge in [0.25, 0.3) is 0 Å². The third kappa shape index (κ3) is 2.05. The minimum absolute atomic E-state index is 0.0173. The first-order valence-electron chi connectivity index (χ1n) is 4.19. The van der Waals surface area contributed by atoms with Gasteiger partial charge in [-0.25, -0.2) is 0 Å². The molecule has 0 saturated carbocycles. The van der Waals surface area contributed by atoms with Gasteiger partial charge in [-0.1, -0.05) is 13.8 Å². The zero-order chi connectivity index (χ0) is 9.84. The molecule has 0 aliphatic carbocycles. The number of methoxy groups -OCH3 is 1. The molecule has 1 aromatic rings. The van der Waals surface area contributed by atoms with Crippen molar-refractivity contribution in [3.05, 3.63) is 24.0 Å². The highest BCUT2D eigenvalue weighted by atomic mass is 16.5. The normalized spacial score (nSPS) is 10.2. The lowest BCUT2D eigenvalue weighted by Gasteiger charge is -2.07. The molecular weight excluding hydrogens is 166 g/mol. The van der Waals surface area contributed by atoms with E-state index in [2.05, 4.69) is 4.98 Å². The monoisotopic (exact) mass is 179 g/mol. The molecule has 0 aliphatic heterocycles. The van der Waals surface area contributed by atoms with Crippen molar-refractivity contribution in [1.29, 1.82) is 0 Å². The Balaban J connectivity index is 3.06. The Morgan fingerprint density at radius 3 is 2.77 bits per heavy atom. The summed E-state index contributed by atoms with van der Waals surface area (Å²) in [4.78, 5) is 15.5. The first-order chi connectivity index (χ1) is 6.16. The fourth-order valence-electron chi connectivity index (χ4n) is 1.06. The molecule has 0 fully saturated rings. The van der Waals surface area contributed by atoms with Crippen molar-refractivity contribution in [3.8, 4) is 5.75 Å². The Labute approximate surface area is 77.8 Å². The Kier molecular flexibility index (Phi) is 3.01. The van der Waals surface area contributed by atoms with Crippen LogP contribution < -0.4 is 4.74 Å². The number of Topliss-reactive ketones (excluding diaryl/α,β-unsaturated/α-hetero) is 1. The molecule has 0 N–H and O–H groups in total. The Morgan fingerprint density at radius 2 is 2.23 bits per heavy atom. The summed E-state index contributed by atoms with van der Waals surface area (Å²) in [5.41, 5.74) is 0.604. The lowest BCUT2D eigenvalue weighted by Crippen LogP contribution is -2.09. The second kappa shape index (κ2) is 4.03. The molecular formula is C10H13NO2. The molecule has 0 radical (unpaired) electrons. The fraction of sp³-hybridized carbons (Fsp3) is 0.400. The Hall–Kier alpha value is -1.38. The molecule has 13 heavy (non-hydrogen) atoms. The first kappa shape index (κ1) is 9.71. The van der Waals surface area contributed by atoms with Gasteiger partial charge in [0, 0.05) is 12.1 Å². The van der Waals surface area contributed by atoms with E-state index < -0.39 is 0 Å². The van der Waals surface area contributed by atoms with Crippen molar-refractivity contribution in [2.75, 3.05) is 7.11 Å². The van der Waals surface area contributed by atoms with E-state index in [0.717, 1.165) is 0 Å². The fourth-order valence-corrected chi connectivity index (χ4v) is 1.06. The van der Waals surface area contributed by atoms with Crippen LogP contribution in [-0.2, 0) is 0 Å². The average Bonchev–Trinajstić information content (AvgIpc) is 2.16. The minimum Gasteiger partial charge on any atom is -0.494 e. The van der Waals surface area contributed by atoms with Gasteiger partial charge in [-0.2, -0.15) is 0 Å². The van der Waals surface area contributed by atoms with Crippen molar-refractivity contribution >= 4 is 5.78 Å². The van der Waals surface area contributed by atoms with Crippen LogP contribution in [-0.4, -0.2) is 17.9 Å². The van der Waals surface area contributed by atoms with Gasteiger partial charge in [0.2, 0.25) is 0 Å². The van der Waals surface area contributed by atoms with Gasteiger partial charge >= 0.3 is 0 Å². The summed E-state index contributed by atoms with van der Waals surface area (Å²) in [6.07, 6.45) is 3.15. The highest BCUT2D eigenvalue weighted by Crippen LogP contribution is 2.19. The highest BCUT2D eigenvalue weighted by molar-refractivity contribution is 5.99. The summed E-state index contributed by atoms with van der Waals surface area (Å²) in [5, 5.41) is 0. The smallest absolute Gasteiger partial charge is 0.169 e. The maximum Gasteiger partial charge on any atom is 0.169 e. The zero-order valence-corrected chi connectivity index (χ0v) is 8.07. The van der Waals surface area contributed by atoms with Gasteiger partial charge < -0.3 is 4.74 Å². The van der Waals surface area contributed by atoms with Crippen molar-refractivity contribution in [3.63, 3.8) is 0 Å². The van der Waals surface area contributed by atoms with E-state index >= 15 is 0 Å². The standard InChI is InChI=1S/C10H13NO2/c1-7(2)10(12)8-4-5-11-6-9(8)13-3/h4-7H,1-3H3. The second-order valence-electron chi connectivity index (χ2n) is 3.09. The van der Waals surface area contributed by atoms with E-state index in [1.165, 1.54) is 7.11 Å². The summed E-state index contributed by atoms with van der Waals surface area (Å²) in [6, 6.07) is 1.68. The molecule has 3 heteroatoms. The maximum atomic E-state index is 11.6. The van der Waals surface area contributed by atoms with Gasteiger partial charge in [0.05, 0.1) is 18.9 Å². The number of pyridine rings is 1. The Morgan fingerprint density at radius 1 is 1.54 bits per heavy atom. The molecule has 0 bridgehead atoms. The molecule has 1 aromatic heterocycles. The molecule has 0 amide bonds. The molecule has 0 spiro atoms. The number of carbonyl (C=O) groups excluding carboxylic acids is 1. The predicted octanol–water partition coefficient (Wildman–Crippen LogP) is 1.93. The van der Waals surface area contributed by atoms with Crippen molar-refractivity contribution in [2.45, 2.75) is 13.8 Å². The third-order valence-electron chi connectivity index (χ3n) is 1.79. The van der Waals surface area contributed by atoms with Crippen molar-refractivity contribution in [2.24, 2.45) is 5.92 Å². The second-order valence-corrected chi connectivity index (χ2v) is 3.09. The zero-order valence-electron chi connectivity index (χ0n) is 8.07. The SMILES string of the molecule is COc1cnccc1C(=O)C(C)C. The lowest BCUT2D eigenvalue weighted by molar-refractivity contribution is 0.0936. The number of carbonyl (C=O) groups is 1. The van der Waals surface area contributed by atoms with Crippen LogP contribution in [0.3, 0.4) is 0 Å². The number of hydrogen-bond acceptors (Lipinski definition) is 3. The predicted molar refractivity (Wildman–Crippen MR) is 50.0 cm³/mol. The number of rotatable bonds is 3. The number of nitrogens with zero attached hydrogens (tertiary/aromatic N) is 1. The van der Waals surface area contributed by atoms with E-state index in [1.54, 1.807) is 18.5 Å². The molecule has 3 nitrogen and oxygen atoms in total. The van der Waals surface area contributed by atoms with Crippen LogP contribution in [0.25, 0.3) is 0 Å². The summed E-state index contributed by atoms with van der Waals surface area (Å²) in [6.45, 7) is 3.73. The van der Waals surface area contributed by atoms with Gasteiger partial charge in [-0.05, 0) is 6.07 Å². The van der Waals surface area contributed by atoms with Crippen molar-refractivity contribution in [1.82, 2.24) is 4.98 Å². The van der Waals surface area contributed by atoms with E-state index in [-0.39, 0.29) is 11.7 Å². The third-order valence-corrected chi connectivity index (χ3v) is 1.79. The van der Waals surface area contributed by atoms with E-state index in [1.807, 2.05) is 13.8 Å². The molecule has 0 aromatic carbocycles. The van der Waals surface area contributed by atoms with Crippen LogP contribution in [0.2, 0.25) is 0 Å². The Bertz CT molecular complexity index is 308. The minimum atomic E-state index is -0.0173. The van der Waals surface area contributed by atoms with E-state index in [9.17, 15) is 4.79 Å². The molecule has 0 unspecified atom stereocenters. The van der Waals surface area contributed by atoms with Crippen LogP contribution in [0.1, 0.15) is 24.2 Å². The van der Waals surface area contributed by atoms with E-state index in [4.69, 9.17) is 4.74 Å². The molecule has 1 rings (SSSR count). The van der Waals surface area contributed by atoms with Crippen LogP contribution >= 0.6 is 0 Å². The number of aromatic nitrogens is 1. The number of ether oxygens (including phenoxy) is 1. The quantitative estimate of drug-likeness (QED) is 0.665. The van der Waals surface area contributed by atoms with E-state index in [0.29, 0.717) is 11.3 Å². The maximum absolute atomic E-state index is 11.6. The number of ketones is 1. The summed E-state index contributed by atoms with van der Waals surface area (Å²) in [5.74, 6) is 0.608. The van der Waals surface area contributed by atoms with Crippen LogP contribution in [0.15, 0.2) is 18.5 Å². The van der Waals surface area contributed by atoms with Gasteiger partial charge in [-0.3, -0.25) is 9.78 Å². The van der Waals surface area contributed by atoms with Crippen LogP contribution in [0, 0.1) is 5.92 Å². The largest absolute Gasteiger partial charge is 0.494 e. The lowest BCUT2D eigenvalue weighted by atomic mass is 10.0. The molecule has 0 saturated heterocycles. The van der Waals surface area contributed by atoms with Gasteiger partial charge in [-0.15, -0.1) is 0 Å². The van der Waals surface area contributed by atoms with Crippen LogP contribution in [0.4, 0.5) is 0 Å². The molecule has 0 aliphatic rings. The summed E-state index contributed by atoms with van der Waals surface area (Å²) < 4.78 is 5.03. The molecule has 1 heterocycles. The molecule has 0 atom stereocenters. The van der Waals surface area contributed by atoms with Crippen LogP contribution in [0.5, 0.6) is 5.75 Å². The molecule has 70 valence electrons. The first-order valence-corrected chi connectivity index (χ1v) is 4.19. The summed E-state index contributed by atoms with van der Waals surface area (Å²) in [7, 11) is 1.54. The van der Waals surface area contributed by atoms with Gasteiger partial charge in [0.1, 0.15) is 5.75 Å². The highest BCUT2D eigenvalue weighted by Gasteiger charge is 2.14. The van der Waals surface area contributed by atoms with Crippen molar-refractivity contribution < 1.29 is 9.53 Å². The summed E-state index contributed by atoms with van der Waals surface area (Å²) >= 11 is 0. The average molecular weight is 179 g/mol. The number of hydrogen-bond donors (Lipinski definition) is 0. The van der Waals surface area contributed by atoms with Gasteiger partial charge in [0.15, 0.2) is 5.78 Å².